The number of amides is 1. The van der Waals surface area contributed by atoms with Gasteiger partial charge in [-0.15, -0.1) is 0 Å². The number of rotatable bonds is 6. The molecule has 3 rings (SSSR count). The zero-order valence-electron chi connectivity index (χ0n) is 17.1. The Labute approximate surface area is 185 Å². The molecule has 1 aliphatic heterocycles. The molecule has 1 fully saturated rings. The molecule has 1 heterocycles. The van der Waals surface area contributed by atoms with Gasteiger partial charge in [0.25, 0.3) is 5.91 Å². The number of piperidine rings is 1. The van der Waals surface area contributed by atoms with Crippen LogP contribution in [0.3, 0.4) is 0 Å². The minimum Gasteiger partial charge on any atom is -0.493 e. The second-order valence-electron chi connectivity index (χ2n) is 7.29. The number of nitrogens with zero attached hydrogens (tertiary/aromatic N) is 1. The Morgan fingerprint density at radius 2 is 1.73 bits per heavy atom. The molecule has 9 heteroatoms. The quantitative estimate of drug-likeness (QED) is 0.649. The largest absolute Gasteiger partial charge is 0.493 e. The lowest BCUT2D eigenvalue weighted by atomic mass is 10.0. The lowest BCUT2D eigenvalue weighted by Crippen LogP contribution is -2.38. The van der Waals surface area contributed by atoms with Crippen LogP contribution in [0, 0.1) is 5.92 Å². The molecule has 2 aromatic carbocycles. The summed E-state index contributed by atoms with van der Waals surface area (Å²) in [5.74, 6) is 1.11. The molecule has 0 aromatic heterocycles. The van der Waals surface area contributed by atoms with Gasteiger partial charge in [0.05, 0.1) is 19.1 Å². The molecular formula is C21H25BrN2O5S. The van der Waals surface area contributed by atoms with E-state index < -0.39 is 15.9 Å². The normalized spacial score (nSPS) is 15.6. The monoisotopic (exact) mass is 496 g/mol. The van der Waals surface area contributed by atoms with Crippen molar-refractivity contribution in [3.8, 4) is 11.5 Å². The molecule has 0 atom stereocenters. The van der Waals surface area contributed by atoms with Gasteiger partial charge in [-0.2, -0.15) is 4.31 Å². The van der Waals surface area contributed by atoms with Gasteiger partial charge in [0.15, 0.2) is 11.5 Å². The van der Waals surface area contributed by atoms with Crippen molar-refractivity contribution in [1.82, 2.24) is 4.31 Å². The first-order chi connectivity index (χ1) is 14.2. The molecule has 0 bridgehead atoms. The van der Waals surface area contributed by atoms with Gasteiger partial charge >= 0.3 is 0 Å². The zero-order valence-corrected chi connectivity index (χ0v) is 19.5. The van der Waals surface area contributed by atoms with Crippen molar-refractivity contribution >= 4 is 37.5 Å². The van der Waals surface area contributed by atoms with Crippen LogP contribution in [0.1, 0.15) is 30.1 Å². The molecule has 30 heavy (non-hydrogen) atoms. The number of anilines is 1. The average Bonchev–Trinajstić information content (AvgIpc) is 2.73. The predicted molar refractivity (Wildman–Crippen MR) is 119 cm³/mol. The fourth-order valence-electron chi connectivity index (χ4n) is 3.33. The summed E-state index contributed by atoms with van der Waals surface area (Å²) in [5.41, 5.74) is 0.746. The highest BCUT2D eigenvalue weighted by Gasteiger charge is 2.29. The number of methoxy groups -OCH3 is 2. The number of carbonyl (C=O) groups excluding carboxylic acids is 1. The molecule has 7 nitrogen and oxygen atoms in total. The first-order valence-electron chi connectivity index (χ1n) is 9.58. The van der Waals surface area contributed by atoms with Gasteiger partial charge in [-0.25, -0.2) is 8.42 Å². The molecule has 0 aliphatic carbocycles. The summed E-state index contributed by atoms with van der Waals surface area (Å²) in [5, 5.41) is 2.77. The fourth-order valence-corrected chi connectivity index (χ4v) is 5.52. The summed E-state index contributed by atoms with van der Waals surface area (Å²) < 4.78 is 38.6. The van der Waals surface area contributed by atoms with Gasteiger partial charge in [-0.05, 0) is 49.1 Å². The molecule has 162 valence electrons. The highest BCUT2D eigenvalue weighted by Crippen LogP contribution is 2.31. The molecule has 0 radical (unpaired) electrons. The van der Waals surface area contributed by atoms with Crippen LogP contribution in [0.4, 0.5) is 5.69 Å². The zero-order chi connectivity index (χ0) is 21.9. The average molecular weight is 497 g/mol. The van der Waals surface area contributed by atoms with Crippen LogP contribution < -0.4 is 14.8 Å². The minimum absolute atomic E-state index is 0.101. The smallest absolute Gasteiger partial charge is 0.255 e. The molecule has 1 N–H and O–H groups in total. The van der Waals surface area contributed by atoms with Gasteiger partial charge in [-0.3, -0.25) is 4.79 Å². The lowest BCUT2D eigenvalue weighted by molar-refractivity contribution is 0.102. The Balaban J connectivity index is 1.85. The molecule has 0 saturated carbocycles. The van der Waals surface area contributed by atoms with Crippen molar-refractivity contribution in [2.75, 3.05) is 32.6 Å². The topological polar surface area (TPSA) is 84.9 Å². The van der Waals surface area contributed by atoms with E-state index in [1.54, 1.807) is 24.3 Å². The Kier molecular flexibility index (Phi) is 7.05. The van der Waals surface area contributed by atoms with E-state index in [0.29, 0.717) is 40.7 Å². The van der Waals surface area contributed by atoms with Gasteiger partial charge in [0.1, 0.15) is 0 Å². The Hall–Kier alpha value is -2.10. The maximum Gasteiger partial charge on any atom is 0.255 e. The van der Waals surface area contributed by atoms with Gasteiger partial charge in [-0.1, -0.05) is 22.9 Å². The lowest BCUT2D eigenvalue weighted by Gasteiger charge is -2.29. The molecule has 1 saturated heterocycles. The van der Waals surface area contributed by atoms with Crippen molar-refractivity contribution in [2.45, 2.75) is 24.7 Å². The van der Waals surface area contributed by atoms with Crippen molar-refractivity contribution in [2.24, 2.45) is 5.92 Å². The molecule has 0 spiro atoms. The summed E-state index contributed by atoms with van der Waals surface area (Å²) in [6.07, 6.45) is 1.67. The summed E-state index contributed by atoms with van der Waals surface area (Å²) in [6, 6.07) is 9.54. The summed E-state index contributed by atoms with van der Waals surface area (Å²) in [6.45, 7) is 3.10. The van der Waals surface area contributed by atoms with Crippen LogP contribution in [-0.2, 0) is 10.0 Å². The third-order valence-corrected chi connectivity index (χ3v) is 7.49. The van der Waals surface area contributed by atoms with Crippen LogP contribution in [-0.4, -0.2) is 45.9 Å². The van der Waals surface area contributed by atoms with E-state index in [2.05, 4.69) is 28.2 Å². The molecule has 2 aromatic rings. The number of halogens is 1. The Morgan fingerprint density at radius 3 is 2.37 bits per heavy atom. The Morgan fingerprint density at radius 1 is 1.07 bits per heavy atom. The number of sulfonamides is 1. The number of hydrogen-bond donors (Lipinski definition) is 1. The Bertz CT molecular complexity index is 1030. The highest BCUT2D eigenvalue weighted by atomic mass is 79.9. The van der Waals surface area contributed by atoms with E-state index in [4.69, 9.17) is 9.47 Å². The molecule has 1 aliphatic rings. The first kappa shape index (κ1) is 22.6. The van der Waals surface area contributed by atoms with Crippen LogP contribution in [0.15, 0.2) is 45.8 Å². The SMILES string of the molecule is COc1ccc(NC(=O)c2cc(Br)cc(S(=O)(=O)N3CCC(C)CC3)c2)cc1OC. The minimum atomic E-state index is -3.67. The van der Waals surface area contributed by atoms with Crippen molar-refractivity contribution < 1.29 is 22.7 Å². The van der Waals surface area contributed by atoms with E-state index in [-0.39, 0.29) is 10.5 Å². The first-order valence-corrected chi connectivity index (χ1v) is 11.8. The molecular weight excluding hydrogens is 472 g/mol. The summed E-state index contributed by atoms with van der Waals surface area (Å²) in [4.78, 5) is 12.9. The van der Waals surface area contributed by atoms with Crippen LogP contribution in [0.5, 0.6) is 11.5 Å². The molecule has 1 amide bonds. The van der Waals surface area contributed by atoms with E-state index in [9.17, 15) is 13.2 Å². The van der Waals surface area contributed by atoms with Crippen molar-refractivity contribution in [3.63, 3.8) is 0 Å². The van der Waals surface area contributed by atoms with E-state index in [1.165, 1.54) is 30.7 Å². The maximum atomic E-state index is 13.1. The van der Waals surface area contributed by atoms with Gasteiger partial charge in [0, 0.05) is 34.9 Å². The number of benzene rings is 2. The number of carbonyl (C=O) groups is 1. The van der Waals surface area contributed by atoms with Crippen molar-refractivity contribution in [3.05, 3.63) is 46.4 Å². The predicted octanol–water partition coefficient (Wildman–Crippen LogP) is 4.14. The highest BCUT2D eigenvalue weighted by molar-refractivity contribution is 9.10. The number of nitrogens with one attached hydrogen (secondary N) is 1. The maximum absolute atomic E-state index is 13.1. The van der Waals surface area contributed by atoms with E-state index >= 15 is 0 Å². The fraction of sp³-hybridized carbons (Fsp3) is 0.381. The third kappa shape index (κ3) is 4.96. The van der Waals surface area contributed by atoms with Gasteiger partial charge in [0.2, 0.25) is 10.0 Å². The van der Waals surface area contributed by atoms with Crippen LogP contribution >= 0.6 is 15.9 Å². The van der Waals surface area contributed by atoms with Gasteiger partial charge < -0.3 is 14.8 Å². The van der Waals surface area contributed by atoms with Crippen LogP contribution in [0.25, 0.3) is 0 Å². The second kappa shape index (κ2) is 9.36. The van der Waals surface area contributed by atoms with E-state index in [0.717, 1.165) is 12.8 Å². The summed E-state index contributed by atoms with van der Waals surface area (Å²) >= 11 is 3.33. The molecule has 0 unspecified atom stereocenters. The van der Waals surface area contributed by atoms with Crippen LogP contribution in [0.2, 0.25) is 0 Å². The third-order valence-electron chi connectivity index (χ3n) is 5.16. The van der Waals surface area contributed by atoms with Crippen molar-refractivity contribution in [1.29, 1.82) is 0 Å². The number of hydrogen-bond acceptors (Lipinski definition) is 5. The number of ether oxygens (including phenoxy) is 2. The standard InChI is InChI=1S/C21H25BrN2O5S/c1-14-6-8-24(9-7-14)30(26,27)18-11-15(10-16(22)12-18)21(25)23-17-4-5-19(28-2)20(13-17)29-3/h4-5,10-14H,6-9H2,1-3H3,(H,23,25). The van der Waals surface area contributed by atoms with E-state index in [1.807, 2.05) is 0 Å². The summed E-state index contributed by atoms with van der Waals surface area (Å²) in [7, 11) is -0.629. The second-order valence-corrected chi connectivity index (χ2v) is 10.1.